The van der Waals surface area contributed by atoms with Crippen molar-refractivity contribution in [2.45, 2.75) is 23.8 Å². The van der Waals surface area contributed by atoms with Gasteiger partial charge < -0.3 is 14.8 Å². The normalized spacial score (nSPS) is 12.1. The van der Waals surface area contributed by atoms with Crippen molar-refractivity contribution < 1.29 is 22.7 Å². The maximum atomic E-state index is 13.1. The van der Waals surface area contributed by atoms with Crippen LogP contribution in [0.2, 0.25) is 10.0 Å². The predicted octanol–water partition coefficient (Wildman–Crippen LogP) is 4.26. The summed E-state index contributed by atoms with van der Waals surface area (Å²) >= 11 is 12.1. The lowest BCUT2D eigenvalue weighted by Crippen LogP contribution is -2.48. The molecule has 10 heteroatoms. The van der Waals surface area contributed by atoms with Crippen molar-refractivity contribution in [2.75, 3.05) is 20.8 Å². The molecular weight excluding hydrogens is 511 g/mol. The molecule has 3 aromatic carbocycles. The van der Waals surface area contributed by atoms with Crippen molar-refractivity contribution in [2.24, 2.45) is 0 Å². The first-order chi connectivity index (χ1) is 16.7. The molecule has 0 saturated carbocycles. The molecule has 1 amide bonds. The van der Waals surface area contributed by atoms with Crippen LogP contribution < -0.4 is 19.5 Å². The fourth-order valence-electron chi connectivity index (χ4n) is 3.46. The number of hydrogen-bond donors (Lipinski definition) is 2. The number of sulfonamides is 1. The summed E-state index contributed by atoms with van der Waals surface area (Å²) in [6.07, 6.45) is 0.664. The van der Waals surface area contributed by atoms with E-state index in [9.17, 15) is 13.2 Å². The van der Waals surface area contributed by atoms with Crippen molar-refractivity contribution in [1.29, 1.82) is 0 Å². The van der Waals surface area contributed by atoms with Crippen LogP contribution in [-0.4, -0.2) is 41.1 Å². The van der Waals surface area contributed by atoms with Crippen molar-refractivity contribution >= 4 is 39.1 Å². The Hall–Kier alpha value is -2.78. The summed E-state index contributed by atoms with van der Waals surface area (Å²) in [5.74, 6) is 0.734. The third-order valence-corrected chi connectivity index (χ3v) is 7.43. The molecule has 0 bridgehead atoms. The number of carbonyl (C=O) groups excluding carboxylic acids is 1. The zero-order valence-corrected chi connectivity index (χ0v) is 21.6. The highest BCUT2D eigenvalue weighted by molar-refractivity contribution is 7.89. The van der Waals surface area contributed by atoms with Crippen LogP contribution in [0.25, 0.3) is 0 Å². The van der Waals surface area contributed by atoms with E-state index >= 15 is 0 Å². The lowest BCUT2D eigenvalue weighted by molar-refractivity contribution is -0.122. The SMILES string of the molecule is COc1ccc(CCNC(=O)[C@H](Cc2ccccc2)NS(=O)(=O)c2cc(Cl)ccc2Cl)cc1OC. The number of halogens is 2. The first-order valence-corrected chi connectivity index (χ1v) is 13.0. The summed E-state index contributed by atoms with van der Waals surface area (Å²) in [7, 11) is -1.02. The molecule has 0 radical (unpaired) electrons. The number of nitrogens with one attached hydrogen (secondary N) is 2. The van der Waals surface area contributed by atoms with E-state index in [1.807, 2.05) is 42.5 Å². The van der Waals surface area contributed by atoms with Crippen molar-refractivity contribution in [3.05, 3.63) is 87.9 Å². The highest BCUT2D eigenvalue weighted by Gasteiger charge is 2.27. The number of rotatable bonds is 11. The third kappa shape index (κ3) is 7.35. The van der Waals surface area contributed by atoms with Gasteiger partial charge in [0, 0.05) is 11.6 Å². The second-order valence-corrected chi connectivity index (χ2v) is 10.2. The molecule has 0 heterocycles. The molecule has 0 spiro atoms. The molecule has 0 aliphatic rings. The molecule has 35 heavy (non-hydrogen) atoms. The van der Waals surface area contributed by atoms with Crippen molar-refractivity contribution in [3.8, 4) is 11.5 Å². The third-order valence-electron chi connectivity index (χ3n) is 5.24. The number of hydrogen-bond acceptors (Lipinski definition) is 5. The fourth-order valence-corrected chi connectivity index (χ4v) is 5.42. The Balaban J connectivity index is 1.75. The van der Waals surface area contributed by atoms with Gasteiger partial charge in [-0.1, -0.05) is 59.6 Å². The van der Waals surface area contributed by atoms with Gasteiger partial charge in [0.15, 0.2) is 11.5 Å². The molecule has 0 unspecified atom stereocenters. The van der Waals surface area contributed by atoms with Crippen LogP contribution in [0.5, 0.6) is 11.5 Å². The topological polar surface area (TPSA) is 93.7 Å². The van der Waals surface area contributed by atoms with E-state index in [-0.39, 0.29) is 21.4 Å². The number of benzene rings is 3. The predicted molar refractivity (Wildman–Crippen MR) is 137 cm³/mol. The summed E-state index contributed by atoms with van der Waals surface area (Å²) in [5, 5.41) is 3.05. The quantitative estimate of drug-likeness (QED) is 0.381. The van der Waals surface area contributed by atoms with Crippen LogP contribution in [0.1, 0.15) is 11.1 Å². The Labute approximate surface area is 215 Å². The Kier molecular flexibility index (Phi) is 9.40. The lowest BCUT2D eigenvalue weighted by Gasteiger charge is -2.19. The average molecular weight is 537 g/mol. The summed E-state index contributed by atoms with van der Waals surface area (Å²) in [6.45, 7) is 0.291. The Morgan fingerprint density at radius 3 is 2.31 bits per heavy atom. The average Bonchev–Trinajstić information content (AvgIpc) is 2.85. The van der Waals surface area contributed by atoms with E-state index in [1.165, 1.54) is 18.2 Å². The van der Waals surface area contributed by atoms with Crippen molar-refractivity contribution in [3.63, 3.8) is 0 Å². The van der Waals surface area contributed by atoms with E-state index in [0.717, 1.165) is 11.1 Å². The number of amides is 1. The van der Waals surface area contributed by atoms with Gasteiger partial charge in [-0.25, -0.2) is 8.42 Å². The zero-order chi connectivity index (χ0) is 25.4. The van der Waals surface area contributed by atoms with Crippen LogP contribution >= 0.6 is 23.2 Å². The van der Waals surface area contributed by atoms with Gasteiger partial charge in [-0.2, -0.15) is 4.72 Å². The molecule has 0 saturated heterocycles. The molecule has 3 aromatic rings. The molecule has 0 aliphatic carbocycles. The van der Waals surface area contributed by atoms with E-state index in [1.54, 1.807) is 20.3 Å². The van der Waals surface area contributed by atoms with Gasteiger partial charge in [-0.3, -0.25) is 4.79 Å². The van der Waals surface area contributed by atoms with E-state index in [2.05, 4.69) is 10.0 Å². The smallest absolute Gasteiger partial charge is 0.242 e. The van der Waals surface area contributed by atoms with E-state index in [4.69, 9.17) is 32.7 Å². The first-order valence-electron chi connectivity index (χ1n) is 10.7. The standard InChI is InChI=1S/C25H26Cl2N2O5S/c1-33-22-11-8-18(15-23(22)34-2)12-13-28-25(30)21(14-17-6-4-3-5-7-17)29-35(31,32)24-16-19(26)9-10-20(24)27/h3-11,15-16,21,29H,12-14H2,1-2H3,(H,28,30)/t21-/m0/s1. The highest BCUT2D eigenvalue weighted by atomic mass is 35.5. The number of methoxy groups -OCH3 is 2. The van der Waals surface area contributed by atoms with Crippen LogP contribution in [0.3, 0.4) is 0 Å². The lowest BCUT2D eigenvalue weighted by atomic mass is 10.1. The molecular formula is C25H26Cl2N2O5S. The Bertz CT molecular complexity index is 1270. The van der Waals surface area contributed by atoms with E-state index < -0.39 is 22.0 Å². The molecule has 0 aromatic heterocycles. The Morgan fingerprint density at radius 1 is 0.914 bits per heavy atom. The maximum Gasteiger partial charge on any atom is 0.242 e. The summed E-state index contributed by atoms with van der Waals surface area (Å²) in [4.78, 5) is 12.9. The van der Waals surface area contributed by atoms with Gasteiger partial charge in [0.05, 0.1) is 19.2 Å². The van der Waals surface area contributed by atoms with Gasteiger partial charge >= 0.3 is 0 Å². The zero-order valence-electron chi connectivity index (χ0n) is 19.3. The molecule has 1 atom stereocenters. The largest absolute Gasteiger partial charge is 0.493 e. The first kappa shape index (κ1) is 26.8. The van der Waals surface area contributed by atoms with Gasteiger partial charge in [0.25, 0.3) is 0 Å². The number of ether oxygens (including phenoxy) is 2. The van der Waals surface area contributed by atoms with Gasteiger partial charge in [0.2, 0.25) is 15.9 Å². The summed E-state index contributed by atoms with van der Waals surface area (Å²) < 4.78 is 39.2. The summed E-state index contributed by atoms with van der Waals surface area (Å²) in [6, 6.07) is 17.7. The maximum absolute atomic E-state index is 13.1. The van der Waals surface area contributed by atoms with Crippen molar-refractivity contribution in [1.82, 2.24) is 10.0 Å². The molecule has 0 fully saturated rings. The van der Waals surface area contributed by atoms with Crippen LogP contribution in [-0.2, 0) is 27.7 Å². The van der Waals surface area contributed by atoms with Crippen LogP contribution in [0.15, 0.2) is 71.6 Å². The highest BCUT2D eigenvalue weighted by Crippen LogP contribution is 2.28. The summed E-state index contributed by atoms with van der Waals surface area (Å²) in [5.41, 5.74) is 1.72. The van der Waals surface area contributed by atoms with Crippen LogP contribution in [0, 0.1) is 0 Å². The van der Waals surface area contributed by atoms with Gasteiger partial charge in [-0.05, 0) is 54.3 Å². The Morgan fingerprint density at radius 2 is 1.63 bits per heavy atom. The van der Waals surface area contributed by atoms with Gasteiger partial charge in [-0.15, -0.1) is 0 Å². The van der Waals surface area contributed by atoms with Crippen LogP contribution in [0.4, 0.5) is 0 Å². The van der Waals surface area contributed by atoms with Gasteiger partial charge in [0.1, 0.15) is 10.9 Å². The molecule has 3 rings (SSSR count). The minimum atomic E-state index is -4.13. The second kappa shape index (κ2) is 12.3. The fraction of sp³-hybridized carbons (Fsp3) is 0.240. The molecule has 0 aliphatic heterocycles. The number of carbonyl (C=O) groups is 1. The molecule has 186 valence electrons. The monoisotopic (exact) mass is 536 g/mol. The minimum Gasteiger partial charge on any atom is -0.493 e. The molecule has 7 nitrogen and oxygen atoms in total. The molecule has 2 N–H and O–H groups in total. The second-order valence-electron chi connectivity index (χ2n) is 7.67. The minimum absolute atomic E-state index is 0.00854. The van der Waals surface area contributed by atoms with E-state index in [0.29, 0.717) is 24.5 Å².